The molecular formula is C13H11O3-. The van der Waals surface area contributed by atoms with Gasteiger partial charge < -0.3 is 14.6 Å². The van der Waals surface area contributed by atoms with Crippen LogP contribution in [0.5, 0.6) is 5.75 Å². The molecule has 0 unspecified atom stereocenters. The Hall–Kier alpha value is -2.03. The number of benzene rings is 2. The standard InChI is InChI=1S/C13H12O3/c1-16-12-5-4-10-6-9(7-13(14)15)2-3-11(10)8-12/h2-6,8H,7H2,1H3,(H,14,15)/p-1. The summed E-state index contributed by atoms with van der Waals surface area (Å²) in [5.74, 6) is -0.270. The number of ether oxygens (including phenoxy) is 1. The van der Waals surface area contributed by atoms with Crippen molar-refractivity contribution in [3.63, 3.8) is 0 Å². The molecule has 0 spiro atoms. The molecular weight excluding hydrogens is 204 g/mol. The van der Waals surface area contributed by atoms with Gasteiger partial charge in [-0.2, -0.15) is 0 Å². The summed E-state index contributed by atoms with van der Waals surface area (Å²) in [6, 6.07) is 11.2. The smallest absolute Gasteiger partial charge is 0.119 e. The minimum Gasteiger partial charge on any atom is -0.550 e. The van der Waals surface area contributed by atoms with Gasteiger partial charge in [0.15, 0.2) is 0 Å². The molecule has 0 bridgehead atoms. The molecule has 0 heterocycles. The van der Waals surface area contributed by atoms with Crippen LogP contribution in [0, 0.1) is 0 Å². The zero-order valence-electron chi connectivity index (χ0n) is 8.90. The van der Waals surface area contributed by atoms with E-state index in [9.17, 15) is 9.90 Å². The molecule has 2 aromatic carbocycles. The molecule has 0 saturated heterocycles. The highest BCUT2D eigenvalue weighted by Gasteiger charge is 1.99. The van der Waals surface area contributed by atoms with Crippen molar-refractivity contribution in [3.05, 3.63) is 42.0 Å². The summed E-state index contributed by atoms with van der Waals surface area (Å²) >= 11 is 0. The molecule has 0 fully saturated rings. The highest BCUT2D eigenvalue weighted by atomic mass is 16.5. The van der Waals surface area contributed by atoms with Gasteiger partial charge in [0.25, 0.3) is 0 Å². The Bertz CT molecular complexity index is 532. The third-order valence-electron chi connectivity index (χ3n) is 2.46. The van der Waals surface area contributed by atoms with Gasteiger partial charge in [0.05, 0.1) is 7.11 Å². The van der Waals surface area contributed by atoms with E-state index >= 15 is 0 Å². The Morgan fingerprint density at radius 3 is 2.56 bits per heavy atom. The molecule has 0 aliphatic carbocycles. The van der Waals surface area contributed by atoms with E-state index in [-0.39, 0.29) is 6.42 Å². The SMILES string of the molecule is COc1ccc2cc(CC(=O)[O-])ccc2c1. The molecule has 2 rings (SSSR count). The van der Waals surface area contributed by atoms with Gasteiger partial charge >= 0.3 is 0 Å². The number of hydrogen-bond acceptors (Lipinski definition) is 3. The summed E-state index contributed by atoms with van der Waals surface area (Å²) in [4.78, 5) is 10.5. The lowest BCUT2D eigenvalue weighted by Gasteiger charge is -2.06. The Labute approximate surface area is 93.3 Å². The number of fused-ring (bicyclic) bond motifs is 1. The number of methoxy groups -OCH3 is 1. The highest BCUT2D eigenvalue weighted by Crippen LogP contribution is 2.21. The highest BCUT2D eigenvalue weighted by molar-refractivity contribution is 5.85. The number of aliphatic carboxylic acids is 1. The number of carboxylic acids is 1. The largest absolute Gasteiger partial charge is 0.550 e. The second-order valence-corrected chi connectivity index (χ2v) is 3.60. The first-order valence-corrected chi connectivity index (χ1v) is 4.95. The second-order valence-electron chi connectivity index (χ2n) is 3.60. The summed E-state index contributed by atoms with van der Waals surface area (Å²) in [5.41, 5.74) is 0.748. The summed E-state index contributed by atoms with van der Waals surface area (Å²) in [5, 5.41) is 12.5. The Kier molecular flexibility index (Phi) is 2.77. The van der Waals surface area contributed by atoms with E-state index in [1.807, 2.05) is 30.3 Å². The molecule has 0 aliphatic heterocycles. The number of rotatable bonds is 3. The van der Waals surface area contributed by atoms with Crippen LogP contribution in [0.3, 0.4) is 0 Å². The minimum atomic E-state index is -1.06. The zero-order chi connectivity index (χ0) is 11.5. The molecule has 3 heteroatoms. The van der Waals surface area contributed by atoms with Crippen LogP contribution in [-0.2, 0) is 11.2 Å². The van der Waals surface area contributed by atoms with Crippen molar-refractivity contribution in [2.45, 2.75) is 6.42 Å². The van der Waals surface area contributed by atoms with Crippen LogP contribution in [0.2, 0.25) is 0 Å². The van der Waals surface area contributed by atoms with Crippen LogP contribution in [0.1, 0.15) is 5.56 Å². The first-order valence-electron chi connectivity index (χ1n) is 4.95. The van der Waals surface area contributed by atoms with Crippen molar-refractivity contribution < 1.29 is 14.6 Å². The van der Waals surface area contributed by atoms with Gasteiger partial charge in [0.1, 0.15) is 5.75 Å². The van der Waals surface area contributed by atoms with Gasteiger partial charge in [-0.15, -0.1) is 0 Å². The molecule has 0 radical (unpaired) electrons. The van der Waals surface area contributed by atoms with Gasteiger partial charge in [-0.1, -0.05) is 24.3 Å². The van der Waals surface area contributed by atoms with E-state index in [1.165, 1.54) is 0 Å². The van der Waals surface area contributed by atoms with E-state index in [0.717, 1.165) is 22.1 Å². The molecule has 82 valence electrons. The van der Waals surface area contributed by atoms with Crippen LogP contribution >= 0.6 is 0 Å². The maximum absolute atomic E-state index is 10.5. The van der Waals surface area contributed by atoms with E-state index in [2.05, 4.69) is 0 Å². The van der Waals surface area contributed by atoms with E-state index in [1.54, 1.807) is 13.2 Å². The Morgan fingerprint density at radius 2 is 1.88 bits per heavy atom. The molecule has 0 atom stereocenters. The first kappa shape index (κ1) is 10.5. The normalized spacial score (nSPS) is 10.3. The van der Waals surface area contributed by atoms with Gasteiger partial charge in [0.2, 0.25) is 0 Å². The molecule has 0 amide bonds. The van der Waals surface area contributed by atoms with Crippen molar-refractivity contribution in [2.24, 2.45) is 0 Å². The molecule has 0 aromatic heterocycles. The summed E-state index contributed by atoms with van der Waals surface area (Å²) < 4.78 is 5.11. The lowest BCUT2D eigenvalue weighted by atomic mass is 10.0. The minimum absolute atomic E-state index is 0.0536. The van der Waals surface area contributed by atoms with Crippen LogP contribution in [0.25, 0.3) is 10.8 Å². The quantitative estimate of drug-likeness (QED) is 0.771. The molecule has 3 nitrogen and oxygen atoms in total. The third kappa shape index (κ3) is 2.14. The topological polar surface area (TPSA) is 49.4 Å². The molecule has 0 aliphatic rings. The third-order valence-corrected chi connectivity index (χ3v) is 2.46. The fraction of sp³-hybridized carbons (Fsp3) is 0.154. The van der Waals surface area contributed by atoms with Crippen molar-refractivity contribution in [2.75, 3.05) is 7.11 Å². The average molecular weight is 215 g/mol. The lowest BCUT2D eigenvalue weighted by molar-refractivity contribution is -0.304. The summed E-state index contributed by atoms with van der Waals surface area (Å²) in [7, 11) is 1.62. The maximum Gasteiger partial charge on any atom is 0.119 e. The second kappa shape index (κ2) is 4.23. The van der Waals surface area contributed by atoms with Crippen molar-refractivity contribution in [3.8, 4) is 5.75 Å². The van der Waals surface area contributed by atoms with Crippen molar-refractivity contribution >= 4 is 16.7 Å². The van der Waals surface area contributed by atoms with Gasteiger partial charge in [0, 0.05) is 12.4 Å². The van der Waals surface area contributed by atoms with E-state index in [0.29, 0.717) is 0 Å². The predicted molar refractivity (Wildman–Crippen MR) is 59.2 cm³/mol. The zero-order valence-corrected chi connectivity index (χ0v) is 8.90. The van der Waals surface area contributed by atoms with Gasteiger partial charge in [-0.3, -0.25) is 0 Å². The molecule has 2 aromatic rings. The monoisotopic (exact) mass is 215 g/mol. The molecule has 16 heavy (non-hydrogen) atoms. The van der Waals surface area contributed by atoms with Crippen LogP contribution in [-0.4, -0.2) is 13.1 Å². The average Bonchev–Trinajstić information content (AvgIpc) is 2.27. The van der Waals surface area contributed by atoms with Gasteiger partial charge in [-0.05, 0) is 28.5 Å². The van der Waals surface area contributed by atoms with Crippen molar-refractivity contribution in [1.82, 2.24) is 0 Å². The Balaban J connectivity index is 2.43. The first-order chi connectivity index (χ1) is 7.69. The Morgan fingerprint density at radius 1 is 1.19 bits per heavy atom. The van der Waals surface area contributed by atoms with E-state index in [4.69, 9.17) is 4.74 Å². The van der Waals surface area contributed by atoms with E-state index < -0.39 is 5.97 Å². The number of carboxylic acid groups (broad SMARTS) is 1. The lowest BCUT2D eigenvalue weighted by Crippen LogP contribution is -2.24. The number of carbonyl (C=O) groups excluding carboxylic acids is 1. The fourth-order valence-corrected chi connectivity index (χ4v) is 1.68. The van der Waals surface area contributed by atoms with Crippen LogP contribution in [0.4, 0.5) is 0 Å². The number of carbonyl (C=O) groups is 1. The summed E-state index contributed by atoms with van der Waals surface area (Å²) in [6.45, 7) is 0. The van der Waals surface area contributed by atoms with Gasteiger partial charge in [-0.25, -0.2) is 0 Å². The fourth-order valence-electron chi connectivity index (χ4n) is 1.68. The predicted octanol–water partition coefficient (Wildman–Crippen LogP) is 1.14. The molecule has 0 saturated carbocycles. The number of hydrogen-bond donors (Lipinski definition) is 0. The molecule has 0 N–H and O–H groups in total. The van der Waals surface area contributed by atoms with Crippen LogP contribution in [0.15, 0.2) is 36.4 Å². The van der Waals surface area contributed by atoms with Crippen LogP contribution < -0.4 is 9.84 Å². The summed E-state index contributed by atoms with van der Waals surface area (Å²) in [6.07, 6.45) is -0.0536. The maximum atomic E-state index is 10.5. The van der Waals surface area contributed by atoms with Crippen molar-refractivity contribution in [1.29, 1.82) is 0 Å².